The van der Waals surface area contributed by atoms with E-state index in [0.29, 0.717) is 0 Å². The molecule has 0 spiro atoms. The fraction of sp³-hybridized carbons (Fsp3) is 0.182. The van der Waals surface area contributed by atoms with Gasteiger partial charge in [0.05, 0.1) is 0 Å². The number of allylic oxidation sites excluding steroid dienone is 5. The van der Waals surface area contributed by atoms with E-state index in [2.05, 4.69) is 111 Å². The van der Waals surface area contributed by atoms with Crippen molar-refractivity contribution in [2.45, 2.75) is 26.2 Å². The van der Waals surface area contributed by atoms with E-state index in [1.54, 1.807) is 0 Å². The zero-order valence-electron chi connectivity index (χ0n) is 13.9. The molecule has 2 aromatic carbocycles. The van der Waals surface area contributed by atoms with Gasteiger partial charge in [0.25, 0.3) is 0 Å². The predicted octanol–water partition coefficient (Wildman–Crippen LogP) is 6.92. The summed E-state index contributed by atoms with van der Waals surface area (Å²) in [6, 6.07) is 17.4. The standard InChI is InChI=1S/C22H21I/c1-5-18-19-12-11-17(16-9-7-6-8-10-16)14-21(19)22(3,4)20(18)13-15(2)23/h5-14H,2H2,1,3-4H3/b18-5-,20-13+. The van der Waals surface area contributed by atoms with Gasteiger partial charge in [-0.05, 0) is 75.1 Å². The molecule has 0 atom stereocenters. The van der Waals surface area contributed by atoms with Crippen LogP contribution in [0.25, 0.3) is 16.7 Å². The van der Waals surface area contributed by atoms with Gasteiger partial charge in [0.2, 0.25) is 0 Å². The highest BCUT2D eigenvalue weighted by atomic mass is 127. The zero-order chi connectivity index (χ0) is 16.6. The third kappa shape index (κ3) is 2.83. The Morgan fingerprint density at radius 2 is 1.74 bits per heavy atom. The van der Waals surface area contributed by atoms with Crippen LogP contribution < -0.4 is 0 Å². The number of halogens is 1. The number of hydrogen-bond donors (Lipinski definition) is 0. The van der Waals surface area contributed by atoms with Crippen LogP contribution in [0.1, 0.15) is 31.9 Å². The van der Waals surface area contributed by atoms with Crippen LogP contribution in [0.15, 0.2) is 76.4 Å². The van der Waals surface area contributed by atoms with Crippen molar-refractivity contribution < 1.29 is 0 Å². The van der Waals surface area contributed by atoms with Gasteiger partial charge in [0.1, 0.15) is 0 Å². The second-order valence-corrected chi connectivity index (χ2v) is 7.84. The SMILES string of the molecule is C=C(I)/C=C1\C(=C/C)c2ccc(-c3ccccc3)cc2C1(C)C. The first-order valence-electron chi connectivity index (χ1n) is 7.88. The van der Waals surface area contributed by atoms with Gasteiger partial charge in [-0.3, -0.25) is 0 Å². The third-order valence-electron chi connectivity index (χ3n) is 4.64. The summed E-state index contributed by atoms with van der Waals surface area (Å²) in [6.45, 7) is 10.8. The summed E-state index contributed by atoms with van der Waals surface area (Å²) in [4.78, 5) is 0. The monoisotopic (exact) mass is 412 g/mol. The molecule has 116 valence electrons. The van der Waals surface area contributed by atoms with Gasteiger partial charge < -0.3 is 0 Å². The van der Waals surface area contributed by atoms with E-state index in [4.69, 9.17) is 0 Å². The van der Waals surface area contributed by atoms with Gasteiger partial charge >= 0.3 is 0 Å². The van der Waals surface area contributed by atoms with Crippen LogP contribution in [0.5, 0.6) is 0 Å². The molecule has 0 saturated heterocycles. The van der Waals surface area contributed by atoms with Gasteiger partial charge in [0, 0.05) is 8.99 Å². The number of fused-ring (bicyclic) bond motifs is 1. The molecule has 0 aromatic heterocycles. The first-order chi connectivity index (χ1) is 10.9. The fourth-order valence-corrected chi connectivity index (χ4v) is 3.77. The van der Waals surface area contributed by atoms with Gasteiger partial charge in [0.15, 0.2) is 0 Å². The summed E-state index contributed by atoms with van der Waals surface area (Å²) < 4.78 is 1.07. The summed E-state index contributed by atoms with van der Waals surface area (Å²) in [7, 11) is 0. The molecular formula is C22H21I. The molecule has 0 nitrogen and oxygen atoms in total. The summed E-state index contributed by atoms with van der Waals surface area (Å²) in [5.74, 6) is 0. The lowest BCUT2D eigenvalue weighted by Gasteiger charge is -2.22. The van der Waals surface area contributed by atoms with Crippen LogP contribution in [0.4, 0.5) is 0 Å². The molecule has 2 aromatic rings. The third-order valence-corrected chi connectivity index (χ3v) is 4.95. The smallest absolute Gasteiger partial charge is 0.0159 e. The molecule has 0 N–H and O–H groups in total. The highest BCUT2D eigenvalue weighted by Crippen LogP contribution is 2.51. The van der Waals surface area contributed by atoms with Gasteiger partial charge in [-0.1, -0.05) is 69.0 Å². The first kappa shape index (κ1) is 16.3. The van der Waals surface area contributed by atoms with E-state index < -0.39 is 0 Å². The minimum atomic E-state index is -0.00389. The minimum absolute atomic E-state index is 0.00389. The predicted molar refractivity (Wildman–Crippen MR) is 110 cm³/mol. The second-order valence-electron chi connectivity index (χ2n) is 6.46. The summed E-state index contributed by atoms with van der Waals surface area (Å²) >= 11 is 2.29. The van der Waals surface area contributed by atoms with Crippen LogP contribution in [-0.4, -0.2) is 0 Å². The molecule has 3 rings (SSSR count). The number of rotatable bonds is 2. The maximum absolute atomic E-state index is 4.06. The van der Waals surface area contributed by atoms with E-state index in [-0.39, 0.29) is 5.41 Å². The average Bonchev–Trinajstić information content (AvgIpc) is 2.75. The van der Waals surface area contributed by atoms with E-state index in [1.807, 2.05) is 0 Å². The summed E-state index contributed by atoms with van der Waals surface area (Å²) in [5.41, 5.74) is 7.99. The fourth-order valence-electron chi connectivity index (χ4n) is 3.46. The number of hydrogen-bond acceptors (Lipinski definition) is 0. The molecule has 0 aliphatic heterocycles. The molecule has 0 amide bonds. The minimum Gasteiger partial charge on any atom is -0.0856 e. The highest BCUT2D eigenvalue weighted by molar-refractivity contribution is 14.1. The first-order valence-corrected chi connectivity index (χ1v) is 8.96. The molecule has 0 heterocycles. The van der Waals surface area contributed by atoms with E-state index in [1.165, 1.54) is 33.4 Å². The molecule has 23 heavy (non-hydrogen) atoms. The molecule has 0 bridgehead atoms. The Hall–Kier alpha value is -1.61. The van der Waals surface area contributed by atoms with Crippen molar-refractivity contribution in [3.63, 3.8) is 0 Å². The van der Waals surface area contributed by atoms with Crippen LogP contribution in [0.3, 0.4) is 0 Å². The zero-order valence-corrected chi connectivity index (χ0v) is 16.0. The van der Waals surface area contributed by atoms with Crippen molar-refractivity contribution in [2.75, 3.05) is 0 Å². The Bertz CT molecular complexity index is 820. The maximum Gasteiger partial charge on any atom is 0.0159 e. The van der Waals surface area contributed by atoms with Crippen molar-refractivity contribution in [1.82, 2.24) is 0 Å². The Kier molecular flexibility index (Phi) is 4.33. The Balaban J connectivity index is 2.21. The van der Waals surface area contributed by atoms with Crippen LogP contribution in [0.2, 0.25) is 0 Å². The Morgan fingerprint density at radius 3 is 2.35 bits per heavy atom. The normalized spacial score (nSPS) is 19.1. The second kappa shape index (κ2) is 6.12. The van der Waals surface area contributed by atoms with Crippen LogP contribution in [0, 0.1) is 0 Å². The largest absolute Gasteiger partial charge is 0.0856 e. The molecule has 0 radical (unpaired) electrons. The van der Waals surface area contributed by atoms with Gasteiger partial charge in [-0.15, -0.1) is 0 Å². The van der Waals surface area contributed by atoms with Crippen molar-refractivity contribution in [3.05, 3.63) is 87.5 Å². The molecule has 0 unspecified atom stereocenters. The molecule has 1 heteroatoms. The van der Waals surface area contributed by atoms with Crippen molar-refractivity contribution in [3.8, 4) is 11.1 Å². The highest BCUT2D eigenvalue weighted by Gasteiger charge is 2.37. The van der Waals surface area contributed by atoms with Crippen molar-refractivity contribution in [2.24, 2.45) is 0 Å². The lowest BCUT2D eigenvalue weighted by Crippen LogP contribution is -2.15. The summed E-state index contributed by atoms with van der Waals surface area (Å²) in [6.07, 6.45) is 4.44. The molecule has 0 saturated carbocycles. The van der Waals surface area contributed by atoms with Crippen molar-refractivity contribution in [1.29, 1.82) is 0 Å². The Labute approximate surface area is 152 Å². The lowest BCUT2D eigenvalue weighted by molar-refractivity contribution is 0.661. The van der Waals surface area contributed by atoms with E-state index in [0.717, 1.165) is 3.58 Å². The Morgan fingerprint density at radius 1 is 1.04 bits per heavy atom. The topological polar surface area (TPSA) is 0 Å². The van der Waals surface area contributed by atoms with Gasteiger partial charge in [-0.25, -0.2) is 0 Å². The van der Waals surface area contributed by atoms with Crippen molar-refractivity contribution >= 4 is 28.2 Å². The van der Waals surface area contributed by atoms with E-state index >= 15 is 0 Å². The van der Waals surface area contributed by atoms with Crippen LogP contribution in [-0.2, 0) is 5.41 Å². The summed E-state index contributed by atoms with van der Waals surface area (Å²) in [5, 5.41) is 0. The number of benzene rings is 2. The van der Waals surface area contributed by atoms with Gasteiger partial charge in [-0.2, -0.15) is 0 Å². The quantitative estimate of drug-likeness (QED) is 0.470. The van der Waals surface area contributed by atoms with E-state index in [9.17, 15) is 0 Å². The molecule has 1 aliphatic rings. The lowest BCUT2D eigenvalue weighted by atomic mass is 9.81. The molecule has 0 fully saturated rings. The molecular weight excluding hydrogens is 391 g/mol. The van der Waals surface area contributed by atoms with Crippen LogP contribution >= 0.6 is 22.6 Å². The molecule has 1 aliphatic carbocycles. The average molecular weight is 412 g/mol. The maximum atomic E-state index is 4.06.